The number of nitrogens with two attached hydrogens (primary N) is 1. The lowest BCUT2D eigenvalue weighted by Crippen LogP contribution is -2.36. The van der Waals surface area contributed by atoms with Crippen molar-refractivity contribution >= 4 is 5.91 Å². The van der Waals surface area contributed by atoms with Crippen molar-refractivity contribution in [3.8, 4) is 0 Å². The van der Waals surface area contributed by atoms with Gasteiger partial charge in [-0.25, -0.2) is 0 Å². The minimum atomic E-state index is 0.187. The Hall–Kier alpha value is -0.610. The number of nitrogens with one attached hydrogen (secondary N) is 1. The molecule has 0 saturated carbocycles. The fraction of sp³-hybridized carbons (Fsp3) is 0.917. The highest BCUT2D eigenvalue weighted by atomic mass is 16.1. The summed E-state index contributed by atoms with van der Waals surface area (Å²) >= 11 is 0. The van der Waals surface area contributed by atoms with E-state index in [1.54, 1.807) is 0 Å². The molecule has 1 heterocycles. The Kier molecular flexibility index (Phi) is 6.42. The van der Waals surface area contributed by atoms with Gasteiger partial charge in [0, 0.05) is 13.0 Å². The molecule has 4 heteroatoms. The van der Waals surface area contributed by atoms with Crippen molar-refractivity contribution in [2.75, 3.05) is 33.2 Å². The van der Waals surface area contributed by atoms with Crippen molar-refractivity contribution in [3.05, 3.63) is 0 Å². The molecule has 16 heavy (non-hydrogen) atoms. The van der Waals surface area contributed by atoms with Crippen LogP contribution in [0.2, 0.25) is 0 Å². The van der Waals surface area contributed by atoms with Gasteiger partial charge in [-0.15, -0.1) is 0 Å². The molecule has 1 fully saturated rings. The van der Waals surface area contributed by atoms with Gasteiger partial charge in [-0.05, 0) is 58.3 Å². The van der Waals surface area contributed by atoms with Crippen LogP contribution >= 0.6 is 0 Å². The molecule has 0 aromatic heterocycles. The maximum atomic E-state index is 11.5. The number of piperidine rings is 1. The topological polar surface area (TPSA) is 58.4 Å². The number of unbranched alkanes of at least 4 members (excludes halogenated alkanes) is 1. The number of hydrogen-bond acceptors (Lipinski definition) is 3. The summed E-state index contributed by atoms with van der Waals surface area (Å²) < 4.78 is 0. The zero-order valence-corrected chi connectivity index (χ0v) is 10.4. The van der Waals surface area contributed by atoms with Gasteiger partial charge in [-0.2, -0.15) is 0 Å². The molecule has 4 nitrogen and oxygen atoms in total. The summed E-state index contributed by atoms with van der Waals surface area (Å²) in [5, 5.41) is 3.03. The quantitative estimate of drug-likeness (QED) is 0.652. The number of carbonyl (C=O) groups excluding carboxylic acids is 1. The Bertz CT molecular complexity index is 200. The average molecular weight is 227 g/mol. The van der Waals surface area contributed by atoms with Gasteiger partial charge in [-0.1, -0.05) is 0 Å². The van der Waals surface area contributed by atoms with Crippen LogP contribution in [0.15, 0.2) is 0 Å². The molecular formula is C12H25N3O. The Balaban J connectivity index is 2.03. The van der Waals surface area contributed by atoms with Crippen LogP contribution in [0.4, 0.5) is 0 Å². The maximum Gasteiger partial charge on any atom is 0.220 e. The second-order valence-electron chi connectivity index (χ2n) is 4.80. The molecule has 0 atom stereocenters. The van der Waals surface area contributed by atoms with E-state index in [4.69, 9.17) is 5.73 Å². The normalized spacial score (nSPS) is 18.6. The van der Waals surface area contributed by atoms with Crippen LogP contribution in [0.1, 0.15) is 32.1 Å². The molecule has 0 aromatic carbocycles. The molecule has 94 valence electrons. The van der Waals surface area contributed by atoms with E-state index in [0.29, 0.717) is 18.9 Å². The van der Waals surface area contributed by atoms with Crippen molar-refractivity contribution in [2.24, 2.45) is 11.7 Å². The third kappa shape index (κ3) is 5.47. The van der Waals surface area contributed by atoms with Gasteiger partial charge >= 0.3 is 0 Å². The largest absolute Gasteiger partial charge is 0.356 e. The van der Waals surface area contributed by atoms with Crippen molar-refractivity contribution < 1.29 is 4.79 Å². The first kappa shape index (κ1) is 13.5. The first-order chi connectivity index (χ1) is 7.72. The lowest BCUT2D eigenvalue weighted by molar-refractivity contribution is -0.121. The second kappa shape index (κ2) is 7.63. The third-order valence-electron chi connectivity index (χ3n) is 3.28. The highest BCUT2D eigenvalue weighted by molar-refractivity contribution is 5.75. The van der Waals surface area contributed by atoms with Gasteiger partial charge in [-0.3, -0.25) is 4.79 Å². The SMILES string of the molecule is CN1CCC(CNC(=O)CCCCN)CC1. The molecule has 0 aromatic rings. The van der Waals surface area contributed by atoms with E-state index in [0.717, 1.165) is 32.5 Å². The molecule has 0 spiro atoms. The first-order valence-corrected chi connectivity index (χ1v) is 6.37. The van der Waals surface area contributed by atoms with Crippen LogP contribution in [0.3, 0.4) is 0 Å². The van der Waals surface area contributed by atoms with Gasteiger partial charge < -0.3 is 16.0 Å². The Morgan fingerprint density at radius 1 is 1.38 bits per heavy atom. The zero-order valence-electron chi connectivity index (χ0n) is 10.4. The number of likely N-dealkylation sites (tertiary alicyclic amines) is 1. The fourth-order valence-corrected chi connectivity index (χ4v) is 2.04. The van der Waals surface area contributed by atoms with Crippen LogP contribution < -0.4 is 11.1 Å². The van der Waals surface area contributed by atoms with Crippen LogP contribution in [0.5, 0.6) is 0 Å². The Morgan fingerprint density at radius 2 is 2.06 bits per heavy atom. The highest BCUT2D eigenvalue weighted by Gasteiger charge is 2.16. The number of nitrogens with zero attached hydrogens (tertiary/aromatic N) is 1. The van der Waals surface area contributed by atoms with E-state index in [9.17, 15) is 4.79 Å². The van der Waals surface area contributed by atoms with Crippen molar-refractivity contribution in [3.63, 3.8) is 0 Å². The van der Waals surface area contributed by atoms with E-state index in [1.165, 1.54) is 12.8 Å². The predicted octanol–water partition coefficient (Wildman–Crippen LogP) is 0.573. The average Bonchev–Trinajstić information content (AvgIpc) is 2.29. The number of hydrogen-bond donors (Lipinski definition) is 2. The molecule has 0 bridgehead atoms. The summed E-state index contributed by atoms with van der Waals surface area (Å²) in [7, 11) is 2.15. The molecule has 1 saturated heterocycles. The van der Waals surface area contributed by atoms with Gasteiger partial charge in [0.25, 0.3) is 0 Å². The van der Waals surface area contributed by atoms with Crippen molar-refractivity contribution in [1.82, 2.24) is 10.2 Å². The highest BCUT2D eigenvalue weighted by Crippen LogP contribution is 2.14. The molecule has 0 unspecified atom stereocenters. The van der Waals surface area contributed by atoms with E-state index in [2.05, 4.69) is 17.3 Å². The molecule has 0 aliphatic carbocycles. The molecule has 3 N–H and O–H groups in total. The molecule has 1 aliphatic rings. The lowest BCUT2D eigenvalue weighted by atomic mass is 9.97. The Labute approximate surface area is 98.6 Å². The number of rotatable bonds is 6. The number of carbonyl (C=O) groups is 1. The minimum absolute atomic E-state index is 0.187. The summed E-state index contributed by atoms with van der Waals surface area (Å²) in [5.41, 5.74) is 5.38. The van der Waals surface area contributed by atoms with E-state index < -0.39 is 0 Å². The molecular weight excluding hydrogens is 202 g/mol. The lowest BCUT2D eigenvalue weighted by Gasteiger charge is -2.28. The van der Waals surface area contributed by atoms with Crippen LogP contribution in [-0.2, 0) is 4.79 Å². The maximum absolute atomic E-state index is 11.5. The fourth-order valence-electron chi connectivity index (χ4n) is 2.04. The third-order valence-corrected chi connectivity index (χ3v) is 3.28. The van der Waals surface area contributed by atoms with Crippen LogP contribution in [-0.4, -0.2) is 44.0 Å². The van der Waals surface area contributed by atoms with Gasteiger partial charge in [0.15, 0.2) is 0 Å². The van der Waals surface area contributed by atoms with Crippen molar-refractivity contribution in [1.29, 1.82) is 0 Å². The van der Waals surface area contributed by atoms with Crippen molar-refractivity contribution in [2.45, 2.75) is 32.1 Å². The summed E-state index contributed by atoms with van der Waals surface area (Å²) in [6.07, 6.45) is 4.90. The number of amides is 1. The monoisotopic (exact) mass is 227 g/mol. The molecule has 1 amide bonds. The second-order valence-corrected chi connectivity index (χ2v) is 4.80. The summed E-state index contributed by atoms with van der Waals surface area (Å²) in [6, 6.07) is 0. The molecule has 1 rings (SSSR count). The van der Waals surface area contributed by atoms with Gasteiger partial charge in [0.2, 0.25) is 5.91 Å². The van der Waals surface area contributed by atoms with E-state index in [-0.39, 0.29) is 5.91 Å². The summed E-state index contributed by atoms with van der Waals surface area (Å²) in [6.45, 7) is 3.86. The molecule has 1 aliphatic heterocycles. The smallest absolute Gasteiger partial charge is 0.220 e. The summed E-state index contributed by atoms with van der Waals surface area (Å²) in [5.74, 6) is 0.863. The van der Waals surface area contributed by atoms with Crippen LogP contribution in [0.25, 0.3) is 0 Å². The molecule has 0 radical (unpaired) electrons. The van der Waals surface area contributed by atoms with Gasteiger partial charge in [0.1, 0.15) is 0 Å². The van der Waals surface area contributed by atoms with E-state index >= 15 is 0 Å². The first-order valence-electron chi connectivity index (χ1n) is 6.37. The van der Waals surface area contributed by atoms with Gasteiger partial charge in [0.05, 0.1) is 0 Å². The predicted molar refractivity (Wildman–Crippen MR) is 66.1 cm³/mol. The van der Waals surface area contributed by atoms with E-state index in [1.807, 2.05) is 0 Å². The standard InChI is InChI=1S/C12H25N3O/c1-15-8-5-11(6-9-15)10-14-12(16)4-2-3-7-13/h11H,2-10,13H2,1H3,(H,14,16). The Morgan fingerprint density at radius 3 is 2.69 bits per heavy atom. The van der Waals surface area contributed by atoms with Crippen LogP contribution in [0, 0.1) is 5.92 Å². The minimum Gasteiger partial charge on any atom is -0.356 e. The summed E-state index contributed by atoms with van der Waals surface area (Å²) in [4.78, 5) is 13.8. The zero-order chi connectivity index (χ0) is 11.8.